The third-order valence-corrected chi connectivity index (χ3v) is 5.68. The summed E-state index contributed by atoms with van der Waals surface area (Å²) in [7, 11) is 1.87. The molecule has 0 unspecified atom stereocenters. The molecule has 0 aromatic heterocycles. The highest BCUT2D eigenvalue weighted by atomic mass is 127. The highest BCUT2D eigenvalue weighted by Gasteiger charge is 2.21. The molecule has 2 aliphatic heterocycles. The van der Waals surface area contributed by atoms with Crippen LogP contribution in [0.4, 0.5) is 0 Å². The van der Waals surface area contributed by atoms with Gasteiger partial charge in [0, 0.05) is 39.8 Å². The molecule has 5 nitrogen and oxygen atoms in total. The molecule has 6 heteroatoms. The van der Waals surface area contributed by atoms with Crippen LogP contribution in [0.3, 0.4) is 0 Å². The second-order valence-corrected chi connectivity index (χ2v) is 7.70. The van der Waals surface area contributed by atoms with Gasteiger partial charge in [-0.15, -0.1) is 24.0 Å². The van der Waals surface area contributed by atoms with Crippen LogP contribution in [0.2, 0.25) is 0 Å². The summed E-state index contributed by atoms with van der Waals surface area (Å²) in [6.07, 6.45) is 6.67. The van der Waals surface area contributed by atoms with Gasteiger partial charge in [0.1, 0.15) is 0 Å². The molecule has 3 rings (SSSR count). The molecule has 0 bridgehead atoms. The van der Waals surface area contributed by atoms with E-state index < -0.39 is 0 Å². The molecule has 0 spiro atoms. The van der Waals surface area contributed by atoms with E-state index in [2.05, 4.69) is 51.3 Å². The summed E-state index contributed by atoms with van der Waals surface area (Å²) in [4.78, 5) is 9.40. The van der Waals surface area contributed by atoms with Crippen LogP contribution in [-0.2, 0) is 17.8 Å². The van der Waals surface area contributed by atoms with Crippen LogP contribution in [-0.4, -0.2) is 61.7 Å². The number of guanidine groups is 1. The SMILES string of the molecule is CCOC1CCN(C(=NC)NCc2ccc(CN3CCCCC3)cc2)CC1.I. The number of halogens is 1. The van der Waals surface area contributed by atoms with Crippen molar-refractivity contribution in [2.75, 3.05) is 39.8 Å². The average molecular weight is 500 g/mol. The molecule has 2 fully saturated rings. The lowest BCUT2D eigenvalue weighted by molar-refractivity contribution is 0.0263. The zero-order valence-corrected chi connectivity index (χ0v) is 19.9. The number of piperidine rings is 2. The number of likely N-dealkylation sites (tertiary alicyclic amines) is 2. The second kappa shape index (κ2) is 12.6. The first-order valence-electron chi connectivity index (χ1n) is 10.7. The van der Waals surface area contributed by atoms with Crippen molar-refractivity contribution in [2.45, 2.75) is 58.2 Å². The van der Waals surface area contributed by atoms with E-state index in [1.165, 1.54) is 43.5 Å². The zero-order chi connectivity index (χ0) is 18.9. The summed E-state index contributed by atoms with van der Waals surface area (Å²) < 4.78 is 5.75. The van der Waals surface area contributed by atoms with E-state index in [4.69, 9.17) is 4.74 Å². The predicted molar refractivity (Wildman–Crippen MR) is 127 cm³/mol. The van der Waals surface area contributed by atoms with Gasteiger partial charge in [0.05, 0.1) is 6.10 Å². The molecule has 2 aliphatic rings. The number of hydrogen-bond donors (Lipinski definition) is 1. The van der Waals surface area contributed by atoms with Crippen molar-refractivity contribution in [3.8, 4) is 0 Å². The normalized spacial score (nSPS) is 19.4. The first kappa shape index (κ1) is 23.4. The number of nitrogens with zero attached hydrogens (tertiary/aromatic N) is 3. The van der Waals surface area contributed by atoms with Crippen molar-refractivity contribution < 1.29 is 4.74 Å². The van der Waals surface area contributed by atoms with Crippen LogP contribution in [0.25, 0.3) is 0 Å². The van der Waals surface area contributed by atoms with Crippen LogP contribution in [0.15, 0.2) is 29.3 Å². The van der Waals surface area contributed by atoms with E-state index in [9.17, 15) is 0 Å². The summed E-state index contributed by atoms with van der Waals surface area (Å²) >= 11 is 0. The Kier molecular flexibility index (Phi) is 10.6. The number of nitrogens with one attached hydrogen (secondary N) is 1. The quantitative estimate of drug-likeness (QED) is 0.366. The maximum atomic E-state index is 5.75. The lowest BCUT2D eigenvalue weighted by Crippen LogP contribution is -2.46. The highest BCUT2D eigenvalue weighted by Crippen LogP contribution is 2.15. The number of benzene rings is 1. The lowest BCUT2D eigenvalue weighted by Gasteiger charge is -2.34. The maximum absolute atomic E-state index is 5.75. The Labute approximate surface area is 187 Å². The van der Waals surface area contributed by atoms with Crippen molar-refractivity contribution in [3.05, 3.63) is 35.4 Å². The molecule has 2 heterocycles. The fourth-order valence-corrected chi connectivity index (χ4v) is 4.12. The first-order chi connectivity index (χ1) is 13.3. The van der Waals surface area contributed by atoms with Crippen molar-refractivity contribution >= 4 is 29.9 Å². The molecule has 1 aromatic rings. The minimum Gasteiger partial charge on any atom is -0.378 e. The topological polar surface area (TPSA) is 40.1 Å². The molecule has 28 heavy (non-hydrogen) atoms. The monoisotopic (exact) mass is 500 g/mol. The summed E-state index contributed by atoms with van der Waals surface area (Å²) in [6.45, 7) is 9.32. The van der Waals surface area contributed by atoms with Gasteiger partial charge >= 0.3 is 0 Å². The van der Waals surface area contributed by atoms with Gasteiger partial charge in [0.15, 0.2) is 5.96 Å². The lowest BCUT2D eigenvalue weighted by atomic mass is 10.1. The fraction of sp³-hybridized carbons (Fsp3) is 0.682. The van der Waals surface area contributed by atoms with Crippen molar-refractivity contribution in [3.63, 3.8) is 0 Å². The number of rotatable bonds is 6. The fourth-order valence-electron chi connectivity index (χ4n) is 4.12. The summed E-state index contributed by atoms with van der Waals surface area (Å²) in [5.41, 5.74) is 2.73. The van der Waals surface area contributed by atoms with Gasteiger partial charge in [0.2, 0.25) is 0 Å². The Morgan fingerprint density at radius 2 is 1.68 bits per heavy atom. The Morgan fingerprint density at radius 1 is 1.04 bits per heavy atom. The minimum absolute atomic E-state index is 0. The second-order valence-electron chi connectivity index (χ2n) is 7.70. The van der Waals surface area contributed by atoms with Crippen molar-refractivity contribution in [1.82, 2.24) is 15.1 Å². The van der Waals surface area contributed by atoms with E-state index in [0.29, 0.717) is 6.10 Å². The molecule has 0 atom stereocenters. The Morgan fingerprint density at radius 3 is 2.29 bits per heavy atom. The summed E-state index contributed by atoms with van der Waals surface area (Å²) in [5.74, 6) is 1.00. The van der Waals surface area contributed by atoms with E-state index in [1.54, 1.807) is 0 Å². The van der Waals surface area contributed by atoms with Gasteiger partial charge < -0.3 is 15.0 Å². The van der Waals surface area contributed by atoms with Crippen molar-refractivity contribution in [2.24, 2.45) is 4.99 Å². The van der Waals surface area contributed by atoms with Gasteiger partial charge in [-0.25, -0.2) is 0 Å². The Hall–Kier alpha value is -0.860. The summed E-state index contributed by atoms with van der Waals surface area (Å²) in [6, 6.07) is 9.06. The highest BCUT2D eigenvalue weighted by molar-refractivity contribution is 14.0. The molecule has 0 aliphatic carbocycles. The molecular weight excluding hydrogens is 463 g/mol. The molecule has 1 N–H and O–H groups in total. The standard InChI is InChI=1S/C22H36N4O.HI/c1-3-27-21-11-15-26(16-12-21)22(23-2)24-17-19-7-9-20(10-8-19)18-25-13-5-4-6-14-25;/h7-10,21H,3-6,11-18H2,1-2H3,(H,23,24);1H. The number of ether oxygens (including phenoxy) is 1. The number of hydrogen-bond acceptors (Lipinski definition) is 3. The van der Waals surface area contributed by atoms with Gasteiger partial charge in [-0.2, -0.15) is 0 Å². The van der Waals surface area contributed by atoms with Crippen LogP contribution in [0.1, 0.15) is 50.2 Å². The zero-order valence-electron chi connectivity index (χ0n) is 17.5. The first-order valence-corrected chi connectivity index (χ1v) is 10.7. The van der Waals surface area contributed by atoms with Gasteiger partial charge in [-0.3, -0.25) is 9.89 Å². The predicted octanol–water partition coefficient (Wildman–Crippen LogP) is 3.87. The molecule has 1 aromatic carbocycles. The van der Waals surface area contributed by atoms with E-state index in [1.807, 2.05) is 7.05 Å². The molecule has 0 amide bonds. The third kappa shape index (κ3) is 7.19. The van der Waals surface area contributed by atoms with E-state index >= 15 is 0 Å². The molecule has 158 valence electrons. The molecule has 0 radical (unpaired) electrons. The largest absolute Gasteiger partial charge is 0.378 e. The van der Waals surface area contributed by atoms with Gasteiger partial charge in [-0.05, 0) is 56.8 Å². The smallest absolute Gasteiger partial charge is 0.193 e. The Balaban J connectivity index is 0.00000280. The molecular formula is C22H37IN4O. The Bertz CT molecular complexity index is 579. The van der Waals surface area contributed by atoms with E-state index in [0.717, 1.165) is 51.6 Å². The van der Waals surface area contributed by atoms with Crippen LogP contribution < -0.4 is 5.32 Å². The third-order valence-electron chi connectivity index (χ3n) is 5.68. The summed E-state index contributed by atoms with van der Waals surface area (Å²) in [5, 5.41) is 3.53. The number of aliphatic imine (C=N–C) groups is 1. The van der Waals surface area contributed by atoms with Crippen LogP contribution in [0, 0.1) is 0 Å². The van der Waals surface area contributed by atoms with Gasteiger partial charge in [0.25, 0.3) is 0 Å². The minimum atomic E-state index is 0. The maximum Gasteiger partial charge on any atom is 0.193 e. The van der Waals surface area contributed by atoms with Gasteiger partial charge in [-0.1, -0.05) is 30.7 Å². The average Bonchev–Trinajstić information content (AvgIpc) is 2.72. The molecule has 0 saturated carbocycles. The van der Waals surface area contributed by atoms with E-state index in [-0.39, 0.29) is 24.0 Å². The van der Waals surface area contributed by atoms with Crippen molar-refractivity contribution in [1.29, 1.82) is 0 Å². The van der Waals surface area contributed by atoms with Crippen LogP contribution >= 0.6 is 24.0 Å². The molecule has 2 saturated heterocycles. The van der Waals surface area contributed by atoms with Crippen LogP contribution in [0.5, 0.6) is 0 Å².